The van der Waals surface area contributed by atoms with E-state index in [0.717, 1.165) is 16.9 Å². The summed E-state index contributed by atoms with van der Waals surface area (Å²) < 4.78 is 11.1. The van der Waals surface area contributed by atoms with Crippen LogP contribution >= 0.6 is 0 Å². The first-order valence-electron chi connectivity index (χ1n) is 5.73. The van der Waals surface area contributed by atoms with E-state index in [1.807, 2.05) is 31.2 Å². The Hall–Kier alpha value is -1.58. The van der Waals surface area contributed by atoms with Gasteiger partial charge < -0.3 is 14.9 Å². The summed E-state index contributed by atoms with van der Waals surface area (Å²) in [4.78, 5) is 0. The molecule has 1 aromatic heterocycles. The van der Waals surface area contributed by atoms with Crippen LogP contribution in [0.25, 0.3) is 0 Å². The molecule has 1 atom stereocenters. The van der Waals surface area contributed by atoms with Crippen molar-refractivity contribution in [3.8, 4) is 0 Å². The van der Waals surface area contributed by atoms with Crippen LogP contribution in [0, 0.1) is 0 Å². The van der Waals surface area contributed by atoms with Gasteiger partial charge in [0.2, 0.25) is 0 Å². The van der Waals surface area contributed by atoms with Gasteiger partial charge in [0.15, 0.2) is 0 Å². The third-order valence-corrected chi connectivity index (χ3v) is 2.79. The molecule has 0 radical (unpaired) electrons. The van der Waals surface area contributed by atoms with Gasteiger partial charge in [-0.25, -0.2) is 0 Å². The van der Waals surface area contributed by atoms with E-state index in [9.17, 15) is 0 Å². The zero-order chi connectivity index (χ0) is 12.1. The first-order valence-corrected chi connectivity index (χ1v) is 5.73. The summed E-state index contributed by atoms with van der Waals surface area (Å²) in [5.41, 5.74) is 7.76. The molecule has 0 amide bonds. The lowest BCUT2D eigenvalue weighted by atomic mass is 10.1. The van der Waals surface area contributed by atoms with E-state index >= 15 is 0 Å². The molecule has 3 nitrogen and oxygen atoms in total. The number of furan rings is 1. The summed E-state index contributed by atoms with van der Waals surface area (Å²) in [7, 11) is 0. The minimum Gasteiger partial charge on any atom is -0.467 e. The van der Waals surface area contributed by atoms with Crippen LogP contribution in [0.4, 0.5) is 0 Å². The van der Waals surface area contributed by atoms with E-state index in [-0.39, 0.29) is 6.10 Å². The summed E-state index contributed by atoms with van der Waals surface area (Å²) >= 11 is 0. The van der Waals surface area contributed by atoms with Gasteiger partial charge in [-0.1, -0.05) is 30.3 Å². The summed E-state index contributed by atoms with van der Waals surface area (Å²) in [6.45, 7) is 2.96. The number of nitrogens with two attached hydrogens (primary N) is 1. The molecular weight excluding hydrogens is 214 g/mol. The first kappa shape index (κ1) is 11.9. The van der Waals surface area contributed by atoms with Gasteiger partial charge in [-0.2, -0.15) is 0 Å². The highest BCUT2D eigenvalue weighted by Gasteiger charge is 2.09. The van der Waals surface area contributed by atoms with Crippen molar-refractivity contribution in [3.63, 3.8) is 0 Å². The predicted octanol–water partition coefficient (Wildman–Crippen LogP) is 3.02. The molecule has 0 fully saturated rings. The Labute approximate surface area is 101 Å². The molecular formula is C14H17NO2. The first-order chi connectivity index (χ1) is 8.31. The van der Waals surface area contributed by atoms with Crippen LogP contribution < -0.4 is 5.73 Å². The maximum absolute atomic E-state index is 5.77. The fourth-order valence-corrected chi connectivity index (χ4v) is 1.70. The average Bonchev–Trinajstić information content (AvgIpc) is 2.84. The Bertz CT molecular complexity index is 450. The maximum Gasteiger partial charge on any atom is 0.133 e. The number of hydrogen-bond acceptors (Lipinski definition) is 3. The molecule has 0 spiro atoms. The van der Waals surface area contributed by atoms with Crippen LogP contribution in [0.15, 0.2) is 47.1 Å². The van der Waals surface area contributed by atoms with E-state index in [2.05, 4.69) is 12.1 Å². The van der Waals surface area contributed by atoms with Crippen molar-refractivity contribution in [2.24, 2.45) is 5.73 Å². The summed E-state index contributed by atoms with van der Waals surface area (Å²) in [5.74, 6) is 0.815. The maximum atomic E-state index is 5.77. The second-order valence-corrected chi connectivity index (χ2v) is 3.94. The zero-order valence-electron chi connectivity index (χ0n) is 9.93. The highest BCUT2D eigenvalue weighted by molar-refractivity contribution is 5.18. The highest BCUT2D eigenvalue weighted by atomic mass is 16.5. The summed E-state index contributed by atoms with van der Waals surface area (Å²) in [6.07, 6.45) is 1.69. The molecule has 90 valence electrons. The molecule has 0 bridgehead atoms. The van der Waals surface area contributed by atoms with E-state index in [1.54, 1.807) is 6.26 Å². The minimum absolute atomic E-state index is 0.0481. The normalized spacial score (nSPS) is 12.6. The Kier molecular flexibility index (Phi) is 3.96. The molecule has 1 heterocycles. The summed E-state index contributed by atoms with van der Waals surface area (Å²) in [5, 5.41) is 0. The molecule has 0 aliphatic rings. The van der Waals surface area contributed by atoms with E-state index < -0.39 is 0 Å². The van der Waals surface area contributed by atoms with Crippen LogP contribution in [0.1, 0.15) is 29.9 Å². The molecule has 1 unspecified atom stereocenters. The van der Waals surface area contributed by atoms with Crippen LogP contribution in [0.2, 0.25) is 0 Å². The smallest absolute Gasteiger partial charge is 0.133 e. The Morgan fingerprint density at radius 1 is 1.24 bits per heavy atom. The third-order valence-electron chi connectivity index (χ3n) is 2.79. The van der Waals surface area contributed by atoms with Gasteiger partial charge in [0.1, 0.15) is 12.4 Å². The Balaban J connectivity index is 1.95. The number of benzene rings is 1. The molecule has 2 N–H and O–H groups in total. The lowest BCUT2D eigenvalue weighted by molar-refractivity contribution is 0.0414. The average molecular weight is 231 g/mol. The molecule has 0 aliphatic carbocycles. The van der Waals surface area contributed by atoms with Crippen molar-refractivity contribution < 1.29 is 9.15 Å². The third kappa shape index (κ3) is 2.96. The van der Waals surface area contributed by atoms with Crippen LogP contribution in [0.5, 0.6) is 0 Å². The number of rotatable bonds is 5. The van der Waals surface area contributed by atoms with Gasteiger partial charge in [-0.05, 0) is 18.6 Å². The predicted molar refractivity (Wildman–Crippen MR) is 66.2 cm³/mol. The van der Waals surface area contributed by atoms with E-state index in [1.165, 1.54) is 0 Å². The van der Waals surface area contributed by atoms with E-state index in [0.29, 0.717) is 13.2 Å². The van der Waals surface area contributed by atoms with Gasteiger partial charge in [-0.3, -0.25) is 0 Å². The van der Waals surface area contributed by atoms with Gasteiger partial charge in [0.25, 0.3) is 0 Å². The monoisotopic (exact) mass is 231 g/mol. The molecule has 0 saturated heterocycles. The van der Waals surface area contributed by atoms with E-state index in [4.69, 9.17) is 14.9 Å². The topological polar surface area (TPSA) is 48.4 Å². The van der Waals surface area contributed by atoms with Crippen molar-refractivity contribution in [3.05, 3.63) is 59.5 Å². The minimum atomic E-state index is 0.0481. The van der Waals surface area contributed by atoms with Gasteiger partial charge in [0, 0.05) is 12.1 Å². The summed E-state index contributed by atoms with van der Waals surface area (Å²) in [6, 6.07) is 12.0. The molecule has 3 heteroatoms. The fourth-order valence-electron chi connectivity index (χ4n) is 1.70. The van der Waals surface area contributed by atoms with Crippen LogP contribution in [-0.4, -0.2) is 0 Å². The molecule has 1 aromatic carbocycles. The second-order valence-electron chi connectivity index (χ2n) is 3.94. The SMILES string of the molecule is CC(OCc1occc1CN)c1ccccc1. The second kappa shape index (κ2) is 5.66. The van der Waals surface area contributed by atoms with Gasteiger partial charge in [0.05, 0.1) is 12.4 Å². The lowest BCUT2D eigenvalue weighted by Crippen LogP contribution is -2.03. The molecule has 2 rings (SSSR count). The quantitative estimate of drug-likeness (QED) is 0.860. The van der Waals surface area contributed by atoms with Gasteiger partial charge >= 0.3 is 0 Å². The zero-order valence-corrected chi connectivity index (χ0v) is 9.93. The molecule has 17 heavy (non-hydrogen) atoms. The Morgan fingerprint density at radius 2 is 2.00 bits per heavy atom. The standard InChI is InChI=1S/C14H17NO2/c1-11(12-5-3-2-4-6-12)17-10-14-13(9-15)7-8-16-14/h2-8,11H,9-10,15H2,1H3. The van der Waals surface area contributed by atoms with Crippen LogP contribution in [0.3, 0.4) is 0 Å². The molecule has 0 saturated carbocycles. The van der Waals surface area contributed by atoms with Crippen LogP contribution in [-0.2, 0) is 17.9 Å². The van der Waals surface area contributed by atoms with Crippen molar-refractivity contribution in [1.82, 2.24) is 0 Å². The van der Waals surface area contributed by atoms with Crippen molar-refractivity contribution in [1.29, 1.82) is 0 Å². The number of ether oxygens (including phenoxy) is 1. The largest absolute Gasteiger partial charge is 0.467 e. The highest BCUT2D eigenvalue weighted by Crippen LogP contribution is 2.19. The van der Waals surface area contributed by atoms with Crippen molar-refractivity contribution in [2.75, 3.05) is 0 Å². The van der Waals surface area contributed by atoms with Crippen molar-refractivity contribution in [2.45, 2.75) is 26.2 Å². The lowest BCUT2D eigenvalue weighted by Gasteiger charge is -2.12. The fraction of sp³-hybridized carbons (Fsp3) is 0.286. The Morgan fingerprint density at radius 3 is 2.71 bits per heavy atom. The molecule has 2 aromatic rings. The number of hydrogen-bond donors (Lipinski definition) is 1. The molecule has 0 aliphatic heterocycles. The van der Waals surface area contributed by atoms with Gasteiger partial charge in [-0.15, -0.1) is 0 Å². The van der Waals surface area contributed by atoms with Crippen molar-refractivity contribution >= 4 is 0 Å².